The Morgan fingerprint density at radius 3 is 2.69 bits per heavy atom. The number of hydrogen-bond acceptors (Lipinski definition) is 5. The van der Waals surface area contributed by atoms with Crippen molar-refractivity contribution in [2.24, 2.45) is 0 Å². The Kier molecular flexibility index (Phi) is 4.58. The van der Waals surface area contributed by atoms with Gasteiger partial charge in [0.25, 0.3) is 0 Å². The summed E-state index contributed by atoms with van der Waals surface area (Å²) < 4.78 is 11.0. The molecule has 0 saturated carbocycles. The Labute approximate surface area is 151 Å². The number of anilines is 2. The van der Waals surface area contributed by atoms with Gasteiger partial charge in [0.2, 0.25) is 5.91 Å². The van der Waals surface area contributed by atoms with Gasteiger partial charge >= 0.3 is 0 Å². The van der Waals surface area contributed by atoms with Gasteiger partial charge in [-0.15, -0.1) is 0 Å². The third-order valence-corrected chi connectivity index (χ3v) is 4.47. The first-order valence-corrected chi connectivity index (χ1v) is 8.77. The van der Waals surface area contributed by atoms with Crippen LogP contribution in [0, 0.1) is 6.92 Å². The molecule has 1 amide bonds. The molecule has 0 unspecified atom stereocenters. The van der Waals surface area contributed by atoms with E-state index in [-0.39, 0.29) is 5.91 Å². The highest BCUT2D eigenvalue weighted by Crippen LogP contribution is 2.24. The van der Waals surface area contributed by atoms with Gasteiger partial charge in [-0.25, -0.2) is 4.98 Å². The molecule has 134 valence electrons. The van der Waals surface area contributed by atoms with E-state index in [1.54, 1.807) is 6.92 Å². The molecule has 26 heavy (non-hydrogen) atoms. The van der Waals surface area contributed by atoms with Crippen LogP contribution < -0.4 is 10.2 Å². The smallest absolute Gasteiger partial charge is 0.228 e. The van der Waals surface area contributed by atoms with Crippen LogP contribution in [0.2, 0.25) is 0 Å². The molecule has 3 aromatic rings. The fraction of sp³-hybridized carbons (Fsp3) is 0.300. The first-order chi connectivity index (χ1) is 12.7. The number of aryl methyl sites for hydroxylation is 1. The van der Waals surface area contributed by atoms with E-state index in [1.165, 1.54) is 5.69 Å². The zero-order valence-electron chi connectivity index (χ0n) is 14.7. The van der Waals surface area contributed by atoms with Crippen LogP contribution in [-0.2, 0) is 16.0 Å². The fourth-order valence-electron chi connectivity index (χ4n) is 3.18. The summed E-state index contributed by atoms with van der Waals surface area (Å²) in [6.45, 7) is 5.12. The van der Waals surface area contributed by atoms with Gasteiger partial charge in [-0.3, -0.25) is 4.79 Å². The molecule has 1 aromatic heterocycles. The van der Waals surface area contributed by atoms with E-state index in [2.05, 4.69) is 27.3 Å². The SMILES string of the molecule is Cc1nc2cccc(NC(=O)Cc3ccc(N4CCOCC4)cc3)c2o1. The molecule has 1 saturated heterocycles. The topological polar surface area (TPSA) is 67.6 Å². The number of nitrogens with zero attached hydrogens (tertiary/aromatic N) is 2. The van der Waals surface area contributed by atoms with Crippen LogP contribution >= 0.6 is 0 Å². The molecule has 2 aromatic carbocycles. The summed E-state index contributed by atoms with van der Waals surface area (Å²) in [4.78, 5) is 19.0. The Morgan fingerprint density at radius 1 is 1.15 bits per heavy atom. The average Bonchev–Trinajstić information content (AvgIpc) is 3.04. The van der Waals surface area contributed by atoms with E-state index < -0.39 is 0 Å². The van der Waals surface area contributed by atoms with Crippen LogP contribution in [0.25, 0.3) is 11.1 Å². The van der Waals surface area contributed by atoms with Crippen molar-refractivity contribution < 1.29 is 13.9 Å². The van der Waals surface area contributed by atoms with Crippen LogP contribution in [0.15, 0.2) is 46.9 Å². The minimum atomic E-state index is -0.0781. The van der Waals surface area contributed by atoms with Crippen LogP contribution in [0.1, 0.15) is 11.5 Å². The second kappa shape index (κ2) is 7.17. The molecule has 4 rings (SSSR count). The minimum absolute atomic E-state index is 0.0781. The molecule has 1 aliphatic rings. The quantitative estimate of drug-likeness (QED) is 0.782. The summed E-state index contributed by atoms with van der Waals surface area (Å²) in [7, 11) is 0. The molecule has 1 aliphatic heterocycles. The summed E-state index contributed by atoms with van der Waals surface area (Å²) in [5.74, 6) is 0.506. The van der Waals surface area contributed by atoms with Crippen molar-refractivity contribution >= 4 is 28.4 Å². The van der Waals surface area contributed by atoms with Crippen molar-refractivity contribution in [2.45, 2.75) is 13.3 Å². The van der Waals surface area contributed by atoms with Crippen molar-refractivity contribution in [3.8, 4) is 0 Å². The predicted octanol–water partition coefficient (Wildman–Crippen LogP) is 3.15. The van der Waals surface area contributed by atoms with Crippen LogP contribution in [0.3, 0.4) is 0 Å². The number of carbonyl (C=O) groups excluding carboxylic acids is 1. The molecular weight excluding hydrogens is 330 g/mol. The second-order valence-corrected chi connectivity index (χ2v) is 6.38. The monoisotopic (exact) mass is 351 g/mol. The molecule has 1 fully saturated rings. The standard InChI is InChI=1S/C20H21N3O3/c1-14-21-17-3-2-4-18(20(17)26-14)22-19(24)13-15-5-7-16(8-6-15)23-9-11-25-12-10-23/h2-8H,9-13H2,1H3,(H,22,24). The molecular formula is C20H21N3O3. The third-order valence-electron chi connectivity index (χ3n) is 4.47. The molecule has 0 atom stereocenters. The largest absolute Gasteiger partial charge is 0.439 e. The zero-order valence-corrected chi connectivity index (χ0v) is 14.7. The number of rotatable bonds is 4. The lowest BCUT2D eigenvalue weighted by molar-refractivity contribution is -0.115. The highest BCUT2D eigenvalue weighted by atomic mass is 16.5. The predicted molar refractivity (Wildman–Crippen MR) is 101 cm³/mol. The fourth-order valence-corrected chi connectivity index (χ4v) is 3.18. The Bertz CT molecular complexity index is 912. The average molecular weight is 351 g/mol. The molecule has 2 heterocycles. The summed E-state index contributed by atoms with van der Waals surface area (Å²) in [5, 5.41) is 2.93. The highest BCUT2D eigenvalue weighted by Gasteiger charge is 2.13. The minimum Gasteiger partial charge on any atom is -0.439 e. The number of fused-ring (bicyclic) bond motifs is 1. The number of carbonyl (C=O) groups is 1. The van der Waals surface area contributed by atoms with Gasteiger partial charge in [-0.1, -0.05) is 18.2 Å². The Morgan fingerprint density at radius 2 is 1.92 bits per heavy atom. The lowest BCUT2D eigenvalue weighted by atomic mass is 10.1. The van der Waals surface area contributed by atoms with Gasteiger partial charge in [0.1, 0.15) is 5.52 Å². The van der Waals surface area contributed by atoms with Crippen LogP contribution in [-0.4, -0.2) is 37.2 Å². The van der Waals surface area contributed by atoms with E-state index in [0.29, 0.717) is 23.6 Å². The maximum atomic E-state index is 12.4. The maximum Gasteiger partial charge on any atom is 0.228 e. The van der Waals surface area contributed by atoms with Crippen LogP contribution in [0.5, 0.6) is 0 Å². The summed E-state index contributed by atoms with van der Waals surface area (Å²) in [6, 6.07) is 13.7. The van der Waals surface area contributed by atoms with Gasteiger partial charge in [0, 0.05) is 25.7 Å². The van der Waals surface area contributed by atoms with Gasteiger partial charge < -0.3 is 19.4 Å². The number of hydrogen-bond donors (Lipinski definition) is 1. The first kappa shape index (κ1) is 16.6. The molecule has 6 nitrogen and oxygen atoms in total. The second-order valence-electron chi connectivity index (χ2n) is 6.38. The summed E-state index contributed by atoms with van der Waals surface area (Å²) in [5.41, 5.74) is 4.15. The lowest BCUT2D eigenvalue weighted by Crippen LogP contribution is -2.36. The number of nitrogens with one attached hydrogen (secondary N) is 1. The van der Waals surface area contributed by atoms with Crippen molar-refractivity contribution in [1.82, 2.24) is 4.98 Å². The van der Waals surface area contributed by atoms with Gasteiger partial charge in [-0.05, 0) is 29.8 Å². The molecule has 0 spiro atoms. The molecule has 0 bridgehead atoms. The van der Waals surface area contributed by atoms with Crippen molar-refractivity contribution in [3.05, 3.63) is 53.9 Å². The normalized spacial score (nSPS) is 14.6. The van der Waals surface area contributed by atoms with E-state index in [9.17, 15) is 4.79 Å². The Hall–Kier alpha value is -2.86. The van der Waals surface area contributed by atoms with Crippen LogP contribution in [0.4, 0.5) is 11.4 Å². The van der Waals surface area contributed by atoms with E-state index in [1.807, 2.05) is 30.3 Å². The van der Waals surface area contributed by atoms with Crippen molar-refractivity contribution in [3.63, 3.8) is 0 Å². The van der Waals surface area contributed by atoms with E-state index in [4.69, 9.17) is 9.15 Å². The first-order valence-electron chi connectivity index (χ1n) is 8.77. The van der Waals surface area contributed by atoms with Gasteiger partial charge in [0.15, 0.2) is 11.5 Å². The number of morpholine rings is 1. The number of oxazole rings is 1. The maximum absolute atomic E-state index is 12.4. The Balaban J connectivity index is 1.42. The molecule has 0 aliphatic carbocycles. The summed E-state index contributed by atoms with van der Waals surface area (Å²) >= 11 is 0. The molecule has 1 N–H and O–H groups in total. The number of ether oxygens (including phenoxy) is 1. The van der Waals surface area contributed by atoms with Crippen molar-refractivity contribution in [2.75, 3.05) is 36.5 Å². The zero-order chi connectivity index (χ0) is 17.9. The van der Waals surface area contributed by atoms with E-state index in [0.717, 1.165) is 37.4 Å². The van der Waals surface area contributed by atoms with Gasteiger partial charge in [-0.2, -0.15) is 0 Å². The number of amides is 1. The number of aromatic nitrogens is 1. The molecule has 0 radical (unpaired) electrons. The number of para-hydroxylation sites is 1. The molecule has 6 heteroatoms. The van der Waals surface area contributed by atoms with E-state index >= 15 is 0 Å². The lowest BCUT2D eigenvalue weighted by Gasteiger charge is -2.28. The third kappa shape index (κ3) is 3.55. The van der Waals surface area contributed by atoms with Crippen molar-refractivity contribution in [1.29, 1.82) is 0 Å². The number of benzene rings is 2. The summed E-state index contributed by atoms with van der Waals surface area (Å²) in [6.07, 6.45) is 0.312. The van der Waals surface area contributed by atoms with Gasteiger partial charge in [0.05, 0.1) is 25.3 Å². The highest BCUT2D eigenvalue weighted by molar-refractivity contribution is 5.99.